The second-order valence-corrected chi connectivity index (χ2v) is 6.16. The van der Waals surface area contributed by atoms with Crippen LogP contribution in [0.25, 0.3) is 11.4 Å². The van der Waals surface area contributed by atoms with Crippen LogP contribution < -0.4 is 5.32 Å². The van der Waals surface area contributed by atoms with Crippen LogP contribution in [0.1, 0.15) is 5.56 Å². The van der Waals surface area contributed by atoms with Crippen molar-refractivity contribution in [2.24, 2.45) is 0 Å². The lowest BCUT2D eigenvalue weighted by molar-refractivity contribution is -0.126. The van der Waals surface area contributed by atoms with Crippen molar-refractivity contribution in [3.8, 4) is 11.4 Å². The van der Waals surface area contributed by atoms with Gasteiger partial charge < -0.3 is 10.2 Å². The summed E-state index contributed by atoms with van der Waals surface area (Å²) in [6.07, 6.45) is 0.807. The van der Waals surface area contributed by atoms with E-state index < -0.39 is 0 Å². The van der Waals surface area contributed by atoms with Gasteiger partial charge in [-0.2, -0.15) is 4.80 Å². The van der Waals surface area contributed by atoms with Gasteiger partial charge in [0.25, 0.3) is 0 Å². The first-order chi connectivity index (χ1) is 12.6. The number of anilines is 1. The maximum Gasteiger partial charge on any atom is 0.241 e. The smallest absolute Gasteiger partial charge is 0.241 e. The van der Waals surface area contributed by atoms with E-state index in [9.17, 15) is 4.79 Å². The van der Waals surface area contributed by atoms with Gasteiger partial charge in [0.05, 0.1) is 13.1 Å². The average Bonchev–Trinajstić information content (AvgIpc) is 3.15. The molecule has 7 heteroatoms. The van der Waals surface area contributed by atoms with Gasteiger partial charge in [0, 0.05) is 25.3 Å². The van der Waals surface area contributed by atoms with Crippen LogP contribution in [0.4, 0.5) is 5.69 Å². The fourth-order valence-corrected chi connectivity index (χ4v) is 2.39. The number of hydrogen-bond acceptors (Lipinski definition) is 5. The summed E-state index contributed by atoms with van der Waals surface area (Å²) in [7, 11) is 3.49. The monoisotopic (exact) mass is 350 g/mol. The molecule has 0 radical (unpaired) electrons. The molecule has 0 fully saturated rings. The normalized spacial score (nSPS) is 10.5. The molecule has 0 aliphatic rings. The highest BCUT2D eigenvalue weighted by atomic mass is 16.2. The second kappa shape index (κ2) is 8.24. The molecule has 134 valence electrons. The first-order valence-corrected chi connectivity index (χ1v) is 8.48. The lowest BCUT2D eigenvalue weighted by Crippen LogP contribution is -2.28. The van der Waals surface area contributed by atoms with Crippen LogP contribution in [-0.2, 0) is 17.8 Å². The van der Waals surface area contributed by atoms with Crippen LogP contribution in [0.15, 0.2) is 54.6 Å². The van der Waals surface area contributed by atoms with Crippen LogP contribution in [0, 0.1) is 0 Å². The highest BCUT2D eigenvalue weighted by Crippen LogP contribution is 2.13. The summed E-state index contributed by atoms with van der Waals surface area (Å²) < 4.78 is 0. The van der Waals surface area contributed by atoms with Gasteiger partial charge in [0.1, 0.15) is 0 Å². The van der Waals surface area contributed by atoms with Crippen LogP contribution in [0.5, 0.6) is 0 Å². The molecule has 0 saturated heterocycles. The van der Waals surface area contributed by atoms with Crippen molar-refractivity contribution in [2.45, 2.75) is 13.0 Å². The predicted molar refractivity (Wildman–Crippen MR) is 101 cm³/mol. The maximum absolute atomic E-state index is 11.6. The third-order valence-corrected chi connectivity index (χ3v) is 3.98. The summed E-state index contributed by atoms with van der Waals surface area (Å²) >= 11 is 0. The number of tetrazole rings is 1. The number of nitrogens with zero attached hydrogens (tertiary/aromatic N) is 5. The molecule has 1 heterocycles. The number of carbonyl (C=O) groups excluding carboxylic acids is 1. The van der Waals surface area contributed by atoms with Crippen molar-refractivity contribution < 1.29 is 4.79 Å². The van der Waals surface area contributed by atoms with Crippen molar-refractivity contribution >= 4 is 11.6 Å². The Balaban J connectivity index is 1.52. The lowest BCUT2D eigenvalue weighted by Gasteiger charge is -2.12. The van der Waals surface area contributed by atoms with Crippen molar-refractivity contribution in [1.29, 1.82) is 0 Å². The summed E-state index contributed by atoms with van der Waals surface area (Å²) in [5.74, 6) is 0.677. The summed E-state index contributed by atoms with van der Waals surface area (Å²) in [4.78, 5) is 14.8. The highest BCUT2D eigenvalue weighted by molar-refractivity contribution is 5.80. The Hall–Kier alpha value is -3.22. The summed E-state index contributed by atoms with van der Waals surface area (Å²) in [6, 6.07) is 17.8. The Bertz CT molecular complexity index is 842. The molecular formula is C19H22N6O. The number of aryl methyl sites for hydroxylation is 2. The fraction of sp³-hybridized carbons (Fsp3) is 0.263. The molecule has 0 aliphatic heterocycles. The largest absolute Gasteiger partial charge is 0.376 e. The average molecular weight is 350 g/mol. The van der Waals surface area contributed by atoms with Gasteiger partial charge in [-0.3, -0.25) is 4.79 Å². The zero-order valence-corrected chi connectivity index (χ0v) is 15.0. The van der Waals surface area contributed by atoms with E-state index in [0.717, 1.165) is 17.7 Å². The van der Waals surface area contributed by atoms with Gasteiger partial charge in [-0.15, -0.1) is 10.2 Å². The lowest BCUT2D eigenvalue weighted by atomic mass is 10.1. The van der Waals surface area contributed by atoms with Crippen molar-refractivity contribution in [2.75, 3.05) is 26.0 Å². The summed E-state index contributed by atoms with van der Waals surface area (Å²) in [5.41, 5.74) is 3.06. The Morgan fingerprint density at radius 2 is 1.81 bits per heavy atom. The van der Waals surface area contributed by atoms with E-state index in [1.165, 1.54) is 5.56 Å². The summed E-state index contributed by atoms with van der Waals surface area (Å²) in [5, 5.41) is 15.8. The van der Waals surface area contributed by atoms with Crippen LogP contribution >= 0.6 is 0 Å². The van der Waals surface area contributed by atoms with Gasteiger partial charge in [-0.05, 0) is 29.3 Å². The second-order valence-electron chi connectivity index (χ2n) is 6.16. The molecule has 0 spiro atoms. The molecular weight excluding hydrogens is 328 g/mol. The number of benzene rings is 2. The van der Waals surface area contributed by atoms with Crippen LogP contribution in [0.2, 0.25) is 0 Å². The van der Waals surface area contributed by atoms with E-state index in [1.807, 2.05) is 54.6 Å². The van der Waals surface area contributed by atoms with Crippen molar-refractivity contribution in [3.05, 3.63) is 60.2 Å². The molecule has 1 N–H and O–H groups in total. The molecule has 2 aromatic carbocycles. The van der Waals surface area contributed by atoms with Crippen molar-refractivity contribution in [3.63, 3.8) is 0 Å². The number of hydrogen-bond donors (Lipinski definition) is 1. The number of nitrogens with one attached hydrogen (secondary N) is 1. The third-order valence-electron chi connectivity index (χ3n) is 3.98. The van der Waals surface area contributed by atoms with Crippen LogP contribution in [0.3, 0.4) is 0 Å². The number of carbonyl (C=O) groups is 1. The molecule has 0 atom stereocenters. The maximum atomic E-state index is 11.6. The topological polar surface area (TPSA) is 75.9 Å². The number of aromatic nitrogens is 4. The molecule has 26 heavy (non-hydrogen) atoms. The molecule has 1 amide bonds. The van der Waals surface area contributed by atoms with E-state index in [0.29, 0.717) is 12.4 Å². The first-order valence-electron chi connectivity index (χ1n) is 8.48. The van der Waals surface area contributed by atoms with E-state index >= 15 is 0 Å². The fourth-order valence-electron chi connectivity index (χ4n) is 2.39. The Morgan fingerprint density at radius 1 is 1.08 bits per heavy atom. The molecule has 0 unspecified atom stereocenters. The van der Waals surface area contributed by atoms with E-state index in [-0.39, 0.29) is 12.5 Å². The zero-order valence-electron chi connectivity index (χ0n) is 15.0. The van der Waals surface area contributed by atoms with Crippen LogP contribution in [-0.4, -0.2) is 51.7 Å². The van der Waals surface area contributed by atoms with E-state index in [2.05, 4.69) is 20.7 Å². The molecule has 3 aromatic rings. The predicted octanol–water partition coefficient (Wildman–Crippen LogP) is 2.08. The van der Waals surface area contributed by atoms with E-state index in [4.69, 9.17) is 0 Å². The van der Waals surface area contributed by atoms with Crippen molar-refractivity contribution in [1.82, 2.24) is 25.1 Å². The molecule has 7 nitrogen and oxygen atoms in total. The molecule has 3 rings (SSSR count). The number of amides is 1. The van der Waals surface area contributed by atoms with Gasteiger partial charge in [0.15, 0.2) is 0 Å². The minimum atomic E-state index is 0.0422. The minimum absolute atomic E-state index is 0.0422. The summed E-state index contributed by atoms with van der Waals surface area (Å²) in [6.45, 7) is 0.948. The number of likely N-dealkylation sites (N-methyl/N-ethyl adjacent to an activating group) is 1. The highest BCUT2D eigenvalue weighted by Gasteiger charge is 2.06. The standard InChI is InChI=1S/C19H22N6O/c1-24(2)18(26)14-20-17-10-8-15(9-11-17)12-13-25-22-19(21-23-25)16-6-4-3-5-7-16/h3-11,20H,12-14H2,1-2H3. The quantitative estimate of drug-likeness (QED) is 0.706. The van der Waals surface area contributed by atoms with Gasteiger partial charge in [0.2, 0.25) is 11.7 Å². The number of rotatable bonds is 7. The molecule has 0 bridgehead atoms. The molecule has 0 aliphatic carbocycles. The molecule has 0 saturated carbocycles. The Labute approximate surface area is 152 Å². The van der Waals surface area contributed by atoms with E-state index in [1.54, 1.807) is 23.8 Å². The SMILES string of the molecule is CN(C)C(=O)CNc1ccc(CCn2nnc(-c3ccccc3)n2)cc1. The third kappa shape index (κ3) is 4.66. The first kappa shape index (κ1) is 17.6. The Morgan fingerprint density at radius 3 is 2.50 bits per heavy atom. The molecule has 1 aromatic heterocycles. The van der Waals surface area contributed by atoms with Gasteiger partial charge >= 0.3 is 0 Å². The van der Waals surface area contributed by atoms with Gasteiger partial charge in [-0.25, -0.2) is 0 Å². The Kier molecular flexibility index (Phi) is 5.58. The zero-order chi connectivity index (χ0) is 18.4. The minimum Gasteiger partial charge on any atom is -0.376 e. The van der Waals surface area contributed by atoms with Gasteiger partial charge in [-0.1, -0.05) is 42.5 Å².